The van der Waals surface area contributed by atoms with Gasteiger partial charge in [-0.3, -0.25) is 9.78 Å². The summed E-state index contributed by atoms with van der Waals surface area (Å²) in [4.78, 5) is 17.9. The fraction of sp³-hybridized carbons (Fsp3) is 0.455. The van der Waals surface area contributed by atoms with Crippen molar-refractivity contribution in [1.82, 2.24) is 15.2 Å². The zero-order valence-electron chi connectivity index (χ0n) is 9.60. The number of amides is 1. The Bertz CT molecular complexity index is 409. The van der Waals surface area contributed by atoms with Crippen molar-refractivity contribution in [2.24, 2.45) is 5.73 Å². The summed E-state index contributed by atoms with van der Waals surface area (Å²) in [5.74, 6) is -0.0373. The predicted molar refractivity (Wildman–Crippen MR) is 65.4 cm³/mol. The van der Waals surface area contributed by atoms with Crippen LogP contribution in [0.25, 0.3) is 0 Å². The lowest BCUT2D eigenvalue weighted by molar-refractivity contribution is 0.0705. The van der Waals surface area contributed by atoms with Crippen molar-refractivity contribution in [3.63, 3.8) is 0 Å². The number of anilines is 1. The van der Waals surface area contributed by atoms with E-state index in [0.29, 0.717) is 30.9 Å². The Labute approximate surface area is 100.0 Å². The highest BCUT2D eigenvalue weighted by Gasteiger charge is 2.23. The van der Waals surface area contributed by atoms with Gasteiger partial charge in [0.25, 0.3) is 5.91 Å². The Morgan fingerprint density at radius 2 is 2.41 bits per heavy atom. The molecule has 0 spiro atoms. The van der Waals surface area contributed by atoms with E-state index in [1.807, 2.05) is 0 Å². The molecular formula is C11H17N5O. The lowest BCUT2D eigenvalue weighted by atomic mass is 10.1. The Morgan fingerprint density at radius 3 is 3.12 bits per heavy atom. The van der Waals surface area contributed by atoms with Crippen molar-refractivity contribution >= 4 is 11.6 Å². The first-order valence-electron chi connectivity index (χ1n) is 5.64. The highest BCUT2D eigenvalue weighted by molar-refractivity contribution is 5.94. The zero-order chi connectivity index (χ0) is 12.3. The summed E-state index contributed by atoms with van der Waals surface area (Å²) >= 11 is 0. The molecule has 0 aliphatic carbocycles. The van der Waals surface area contributed by atoms with Gasteiger partial charge in [0, 0.05) is 44.6 Å². The molecule has 17 heavy (non-hydrogen) atoms. The molecule has 1 aliphatic rings. The molecule has 1 fully saturated rings. The molecule has 1 unspecified atom stereocenters. The number of nitrogens with two attached hydrogens (primary N) is 2. The quantitative estimate of drug-likeness (QED) is 0.613. The average Bonchev–Trinajstić information content (AvgIpc) is 2.38. The van der Waals surface area contributed by atoms with E-state index < -0.39 is 0 Å². The third kappa shape index (κ3) is 2.72. The van der Waals surface area contributed by atoms with E-state index >= 15 is 0 Å². The molecule has 1 aromatic heterocycles. The molecule has 2 rings (SSSR count). The number of piperazine rings is 1. The van der Waals surface area contributed by atoms with Crippen molar-refractivity contribution in [3.8, 4) is 0 Å². The summed E-state index contributed by atoms with van der Waals surface area (Å²) in [5.41, 5.74) is 12.2. The Morgan fingerprint density at radius 1 is 1.59 bits per heavy atom. The maximum Gasteiger partial charge on any atom is 0.255 e. The number of carbonyl (C=O) groups is 1. The van der Waals surface area contributed by atoms with E-state index in [9.17, 15) is 4.79 Å². The molecular weight excluding hydrogens is 218 g/mol. The Balaban J connectivity index is 2.09. The molecule has 5 N–H and O–H groups in total. The second-order valence-electron chi connectivity index (χ2n) is 4.14. The monoisotopic (exact) mass is 235 g/mol. The molecule has 1 amide bonds. The normalized spacial score (nSPS) is 20.3. The van der Waals surface area contributed by atoms with Crippen molar-refractivity contribution < 1.29 is 4.79 Å². The zero-order valence-corrected chi connectivity index (χ0v) is 9.60. The highest BCUT2D eigenvalue weighted by atomic mass is 16.2. The summed E-state index contributed by atoms with van der Waals surface area (Å²) in [5, 5.41) is 3.26. The van der Waals surface area contributed by atoms with Crippen molar-refractivity contribution in [1.29, 1.82) is 0 Å². The molecule has 6 nitrogen and oxygen atoms in total. The lowest BCUT2D eigenvalue weighted by Crippen LogP contribution is -2.55. The number of nitrogens with one attached hydrogen (secondary N) is 1. The van der Waals surface area contributed by atoms with Gasteiger partial charge in [0.1, 0.15) is 0 Å². The molecule has 1 saturated heterocycles. The number of aromatic nitrogens is 1. The second-order valence-corrected chi connectivity index (χ2v) is 4.14. The number of hydrogen-bond acceptors (Lipinski definition) is 5. The first kappa shape index (κ1) is 11.8. The SMILES string of the molecule is NCC1CN(C(=O)c2cncc(N)c2)CCN1. The van der Waals surface area contributed by atoms with Gasteiger partial charge in [-0.05, 0) is 6.07 Å². The topological polar surface area (TPSA) is 97.3 Å². The van der Waals surface area contributed by atoms with Crippen molar-refractivity contribution in [2.75, 3.05) is 31.9 Å². The smallest absolute Gasteiger partial charge is 0.255 e. The Hall–Kier alpha value is -1.66. The number of hydrogen-bond donors (Lipinski definition) is 3. The summed E-state index contributed by atoms with van der Waals surface area (Å²) in [7, 11) is 0. The van der Waals surface area contributed by atoms with Crippen LogP contribution in [-0.4, -0.2) is 48.0 Å². The van der Waals surface area contributed by atoms with Gasteiger partial charge in [-0.1, -0.05) is 0 Å². The van der Waals surface area contributed by atoms with Gasteiger partial charge in [0.2, 0.25) is 0 Å². The molecule has 6 heteroatoms. The molecule has 2 heterocycles. The fourth-order valence-corrected chi connectivity index (χ4v) is 1.93. The molecule has 92 valence electrons. The first-order valence-corrected chi connectivity index (χ1v) is 5.64. The van der Waals surface area contributed by atoms with Gasteiger partial charge in [0.15, 0.2) is 0 Å². The summed E-state index contributed by atoms with van der Waals surface area (Å²) in [6, 6.07) is 1.82. The maximum absolute atomic E-state index is 12.2. The summed E-state index contributed by atoms with van der Waals surface area (Å²) in [6.07, 6.45) is 3.06. The summed E-state index contributed by atoms with van der Waals surface area (Å²) < 4.78 is 0. The number of nitrogens with zero attached hydrogens (tertiary/aromatic N) is 2. The molecule has 1 aromatic rings. The minimum Gasteiger partial charge on any atom is -0.397 e. The van der Waals surface area contributed by atoms with Gasteiger partial charge in [-0.15, -0.1) is 0 Å². The number of carbonyl (C=O) groups excluding carboxylic acids is 1. The third-order valence-corrected chi connectivity index (χ3v) is 2.83. The largest absolute Gasteiger partial charge is 0.397 e. The van der Waals surface area contributed by atoms with Gasteiger partial charge in [-0.25, -0.2) is 0 Å². The molecule has 0 saturated carbocycles. The van der Waals surface area contributed by atoms with Crippen LogP contribution in [0.1, 0.15) is 10.4 Å². The summed E-state index contributed by atoms with van der Waals surface area (Å²) in [6.45, 7) is 2.61. The van der Waals surface area contributed by atoms with Gasteiger partial charge in [0.05, 0.1) is 11.3 Å². The van der Waals surface area contributed by atoms with E-state index in [0.717, 1.165) is 6.54 Å². The molecule has 0 aromatic carbocycles. The second kappa shape index (κ2) is 5.11. The number of rotatable bonds is 2. The van der Waals surface area contributed by atoms with Crippen LogP contribution in [-0.2, 0) is 0 Å². The number of nitrogen functional groups attached to an aromatic ring is 1. The van der Waals surface area contributed by atoms with Crippen LogP contribution in [0.2, 0.25) is 0 Å². The minimum atomic E-state index is -0.0373. The van der Waals surface area contributed by atoms with Crippen LogP contribution < -0.4 is 16.8 Å². The van der Waals surface area contributed by atoms with Crippen LogP contribution in [0.4, 0.5) is 5.69 Å². The van der Waals surface area contributed by atoms with Crippen LogP contribution in [0.15, 0.2) is 18.5 Å². The van der Waals surface area contributed by atoms with E-state index in [-0.39, 0.29) is 11.9 Å². The van der Waals surface area contributed by atoms with Crippen LogP contribution in [0.5, 0.6) is 0 Å². The standard InChI is InChI=1S/C11H17N5O/c12-4-10-7-16(2-1-15-10)11(17)8-3-9(13)6-14-5-8/h3,5-6,10,15H,1-2,4,7,12-13H2. The minimum absolute atomic E-state index is 0.0373. The van der Waals surface area contributed by atoms with E-state index in [2.05, 4.69) is 10.3 Å². The van der Waals surface area contributed by atoms with Gasteiger partial charge < -0.3 is 21.7 Å². The van der Waals surface area contributed by atoms with Crippen LogP contribution in [0.3, 0.4) is 0 Å². The highest BCUT2D eigenvalue weighted by Crippen LogP contribution is 2.09. The van der Waals surface area contributed by atoms with Crippen molar-refractivity contribution in [2.45, 2.75) is 6.04 Å². The van der Waals surface area contributed by atoms with Gasteiger partial charge >= 0.3 is 0 Å². The first-order chi connectivity index (χ1) is 8.20. The average molecular weight is 235 g/mol. The third-order valence-electron chi connectivity index (χ3n) is 2.83. The molecule has 0 bridgehead atoms. The van der Waals surface area contributed by atoms with E-state index in [4.69, 9.17) is 11.5 Å². The lowest BCUT2D eigenvalue weighted by Gasteiger charge is -2.33. The van der Waals surface area contributed by atoms with E-state index in [1.165, 1.54) is 12.4 Å². The van der Waals surface area contributed by atoms with Gasteiger partial charge in [-0.2, -0.15) is 0 Å². The Kier molecular flexibility index (Phi) is 3.55. The maximum atomic E-state index is 12.2. The molecule has 0 radical (unpaired) electrons. The molecule has 1 aliphatic heterocycles. The van der Waals surface area contributed by atoms with Crippen LogP contribution in [0, 0.1) is 0 Å². The van der Waals surface area contributed by atoms with Crippen molar-refractivity contribution in [3.05, 3.63) is 24.0 Å². The predicted octanol–water partition coefficient (Wildman–Crippen LogP) is -0.963. The van der Waals surface area contributed by atoms with E-state index in [1.54, 1.807) is 11.0 Å². The fourth-order valence-electron chi connectivity index (χ4n) is 1.93. The molecule has 1 atom stereocenters. The van der Waals surface area contributed by atoms with Crippen LogP contribution >= 0.6 is 0 Å². The number of pyridine rings is 1.